The lowest BCUT2D eigenvalue weighted by Crippen LogP contribution is -2.32. The van der Waals surface area contributed by atoms with E-state index in [0.717, 1.165) is 10.5 Å². The number of carbonyl (C=O) groups excluding carboxylic acids is 3. The molecule has 1 fully saturated rings. The third kappa shape index (κ3) is 5.11. The fraction of sp³-hybridized carbons (Fsp3) is 0.286. The van der Waals surface area contributed by atoms with Gasteiger partial charge in [0.15, 0.2) is 0 Å². The van der Waals surface area contributed by atoms with E-state index in [9.17, 15) is 22.8 Å². The van der Waals surface area contributed by atoms with Crippen molar-refractivity contribution in [3.8, 4) is 0 Å². The number of nitrogens with one attached hydrogen (secondary N) is 1. The van der Waals surface area contributed by atoms with Crippen LogP contribution in [0.2, 0.25) is 0 Å². The number of benzene rings is 2. The molecule has 3 amide bonds. The Bertz CT molecular complexity index is 1020. The van der Waals surface area contributed by atoms with Crippen molar-refractivity contribution in [2.75, 3.05) is 18.9 Å². The highest BCUT2D eigenvalue weighted by Crippen LogP contribution is 2.19. The van der Waals surface area contributed by atoms with E-state index < -0.39 is 10.0 Å². The zero-order valence-electron chi connectivity index (χ0n) is 16.6. The summed E-state index contributed by atoms with van der Waals surface area (Å²) in [6.07, 6.45) is 0.363. The smallest absolute Gasteiger partial charge is 0.243 e. The fourth-order valence-electron chi connectivity index (χ4n) is 3.12. The number of amides is 3. The molecule has 1 aliphatic rings. The van der Waals surface area contributed by atoms with Gasteiger partial charge in [-0.2, -0.15) is 4.31 Å². The van der Waals surface area contributed by atoms with Crippen LogP contribution in [0, 0.1) is 0 Å². The van der Waals surface area contributed by atoms with Gasteiger partial charge in [-0.1, -0.05) is 30.3 Å². The summed E-state index contributed by atoms with van der Waals surface area (Å²) < 4.78 is 26.8. The van der Waals surface area contributed by atoms with E-state index in [1.165, 1.54) is 35.6 Å². The maximum absolute atomic E-state index is 12.8. The summed E-state index contributed by atoms with van der Waals surface area (Å²) in [5.41, 5.74) is 1.31. The summed E-state index contributed by atoms with van der Waals surface area (Å²) in [5.74, 6) is -0.886. The van der Waals surface area contributed by atoms with E-state index in [-0.39, 0.29) is 55.0 Å². The molecule has 0 aromatic heterocycles. The average Bonchev–Trinajstić information content (AvgIpc) is 3.05. The van der Waals surface area contributed by atoms with Gasteiger partial charge in [-0.3, -0.25) is 19.3 Å². The van der Waals surface area contributed by atoms with Crippen LogP contribution in [0.4, 0.5) is 5.69 Å². The Morgan fingerprint density at radius 1 is 1.00 bits per heavy atom. The zero-order valence-corrected chi connectivity index (χ0v) is 17.4. The second kappa shape index (κ2) is 9.19. The number of hydrogen-bond acceptors (Lipinski definition) is 5. The third-order valence-corrected chi connectivity index (χ3v) is 6.63. The van der Waals surface area contributed by atoms with E-state index in [0.29, 0.717) is 5.69 Å². The summed E-state index contributed by atoms with van der Waals surface area (Å²) in [4.78, 5) is 36.4. The van der Waals surface area contributed by atoms with Crippen molar-refractivity contribution in [1.82, 2.24) is 9.21 Å². The molecule has 1 heterocycles. The van der Waals surface area contributed by atoms with Crippen LogP contribution >= 0.6 is 0 Å². The van der Waals surface area contributed by atoms with Gasteiger partial charge < -0.3 is 5.32 Å². The molecule has 1 saturated heterocycles. The summed E-state index contributed by atoms with van der Waals surface area (Å²) in [5, 5.41) is 2.65. The van der Waals surface area contributed by atoms with Crippen LogP contribution in [0.15, 0.2) is 59.5 Å². The molecular formula is C21H23N3O5S. The maximum atomic E-state index is 12.8. The van der Waals surface area contributed by atoms with Crippen molar-refractivity contribution < 1.29 is 22.8 Å². The molecule has 1 N–H and O–H groups in total. The monoisotopic (exact) mass is 429 g/mol. The Morgan fingerprint density at radius 2 is 1.60 bits per heavy atom. The molecule has 158 valence electrons. The van der Waals surface area contributed by atoms with Gasteiger partial charge in [0, 0.05) is 45.1 Å². The topological polar surface area (TPSA) is 104 Å². The SMILES string of the molecule is CN(Cc1ccccc1)S(=O)(=O)c1ccc(NC(=O)CCN2C(=O)CCC2=O)cc1. The van der Waals surface area contributed by atoms with Gasteiger partial charge in [0.05, 0.1) is 4.90 Å². The van der Waals surface area contributed by atoms with Crippen molar-refractivity contribution in [2.45, 2.75) is 30.7 Å². The highest BCUT2D eigenvalue weighted by molar-refractivity contribution is 7.89. The van der Waals surface area contributed by atoms with Crippen molar-refractivity contribution in [1.29, 1.82) is 0 Å². The van der Waals surface area contributed by atoms with Gasteiger partial charge in [0.1, 0.15) is 0 Å². The lowest BCUT2D eigenvalue weighted by Gasteiger charge is -2.17. The van der Waals surface area contributed by atoms with Crippen LogP contribution in [0.3, 0.4) is 0 Å². The van der Waals surface area contributed by atoms with Crippen LogP contribution in [-0.4, -0.2) is 48.9 Å². The van der Waals surface area contributed by atoms with E-state index in [1.807, 2.05) is 30.3 Å². The summed E-state index contributed by atoms with van der Waals surface area (Å²) in [7, 11) is -2.16. The molecule has 0 aliphatic carbocycles. The first kappa shape index (κ1) is 21.7. The predicted octanol–water partition coefficient (Wildman–Crippen LogP) is 1.98. The molecule has 0 unspecified atom stereocenters. The molecule has 0 atom stereocenters. The quantitative estimate of drug-likeness (QED) is 0.647. The van der Waals surface area contributed by atoms with Crippen LogP contribution in [0.1, 0.15) is 24.8 Å². The van der Waals surface area contributed by atoms with Gasteiger partial charge in [0.2, 0.25) is 27.7 Å². The minimum Gasteiger partial charge on any atom is -0.326 e. The van der Waals surface area contributed by atoms with Crippen molar-refractivity contribution in [2.24, 2.45) is 0 Å². The van der Waals surface area contributed by atoms with Gasteiger partial charge in [-0.25, -0.2) is 8.42 Å². The molecule has 8 nitrogen and oxygen atoms in total. The van der Waals surface area contributed by atoms with Crippen LogP contribution in [-0.2, 0) is 31.0 Å². The number of nitrogens with zero attached hydrogens (tertiary/aromatic N) is 2. The Balaban J connectivity index is 1.57. The first-order chi connectivity index (χ1) is 14.3. The zero-order chi connectivity index (χ0) is 21.7. The number of rotatable bonds is 8. The maximum Gasteiger partial charge on any atom is 0.243 e. The summed E-state index contributed by atoms with van der Waals surface area (Å²) >= 11 is 0. The van der Waals surface area contributed by atoms with Crippen LogP contribution in [0.25, 0.3) is 0 Å². The van der Waals surface area contributed by atoms with Crippen LogP contribution in [0.5, 0.6) is 0 Å². The highest BCUT2D eigenvalue weighted by Gasteiger charge is 2.28. The number of likely N-dealkylation sites (tertiary alicyclic amines) is 1. The Morgan fingerprint density at radius 3 is 2.20 bits per heavy atom. The lowest BCUT2D eigenvalue weighted by atomic mass is 10.2. The Kier molecular flexibility index (Phi) is 6.63. The first-order valence-electron chi connectivity index (χ1n) is 9.51. The van der Waals surface area contributed by atoms with E-state index in [4.69, 9.17) is 0 Å². The molecule has 0 saturated carbocycles. The van der Waals surface area contributed by atoms with E-state index in [2.05, 4.69) is 5.32 Å². The number of anilines is 1. The largest absolute Gasteiger partial charge is 0.326 e. The normalized spacial score (nSPS) is 14.4. The van der Waals surface area contributed by atoms with Gasteiger partial charge in [-0.15, -0.1) is 0 Å². The van der Waals surface area contributed by atoms with E-state index in [1.54, 1.807) is 0 Å². The van der Waals surface area contributed by atoms with Crippen LogP contribution < -0.4 is 5.32 Å². The summed E-state index contributed by atoms with van der Waals surface area (Å²) in [6, 6.07) is 15.2. The lowest BCUT2D eigenvalue weighted by molar-refractivity contribution is -0.138. The van der Waals surface area contributed by atoms with Gasteiger partial charge in [0.25, 0.3) is 0 Å². The highest BCUT2D eigenvalue weighted by atomic mass is 32.2. The average molecular weight is 429 g/mol. The molecule has 0 radical (unpaired) electrons. The second-order valence-corrected chi connectivity index (χ2v) is 9.05. The van der Waals surface area contributed by atoms with Crippen molar-refractivity contribution >= 4 is 33.4 Å². The molecule has 3 rings (SSSR count). The predicted molar refractivity (Wildman–Crippen MR) is 111 cm³/mol. The summed E-state index contributed by atoms with van der Waals surface area (Å²) in [6.45, 7) is 0.288. The molecule has 2 aromatic carbocycles. The fourth-order valence-corrected chi connectivity index (χ4v) is 4.28. The Hall–Kier alpha value is -3.04. The van der Waals surface area contributed by atoms with Gasteiger partial charge >= 0.3 is 0 Å². The molecule has 0 bridgehead atoms. The van der Waals surface area contributed by atoms with E-state index >= 15 is 0 Å². The minimum absolute atomic E-state index is 0.0165. The minimum atomic E-state index is -3.68. The molecule has 30 heavy (non-hydrogen) atoms. The number of imide groups is 1. The molecule has 1 aliphatic heterocycles. The number of sulfonamides is 1. The third-order valence-electron chi connectivity index (χ3n) is 4.81. The second-order valence-electron chi connectivity index (χ2n) is 7.01. The number of hydrogen-bond donors (Lipinski definition) is 1. The molecule has 0 spiro atoms. The molecule has 9 heteroatoms. The molecule has 2 aromatic rings. The first-order valence-corrected chi connectivity index (χ1v) is 10.9. The van der Waals surface area contributed by atoms with Crippen molar-refractivity contribution in [3.63, 3.8) is 0 Å². The number of carbonyl (C=O) groups is 3. The Labute approximate surface area is 175 Å². The standard InChI is InChI=1S/C21H23N3O5S/c1-23(15-16-5-3-2-4-6-16)30(28,29)18-9-7-17(8-10-18)22-19(25)13-14-24-20(26)11-12-21(24)27/h2-10H,11-15H2,1H3,(H,22,25). The van der Waals surface area contributed by atoms with Gasteiger partial charge in [-0.05, 0) is 29.8 Å². The van der Waals surface area contributed by atoms with Crippen molar-refractivity contribution in [3.05, 3.63) is 60.2 Å². The molecular weight excluding hydrogens is 406 g/mol.